The zero-order valence-electron chi connectivity index (χ0n) is 23.7. The van der Waals surface area contributed by atoms with Crippen molar-refractivity contribution >= 4 is 46.0 Å². The summed E-state index contributed by atoms with van der Waals surface area (Å²) < 4.78 is 26.2. The summed E-state index contributed by atoms with van der Waals surface area (Å²) >= 11 is 2.37. The molecule has 3 aromatic carbocycles. The predicted octanol–water partition coefficient (Wildman–Crippen LogP) is 7.12. The number of hydrogen-bond donors (Lipinski definition) is 1. The van der Waals surface area contributed by atoms with Gasteiger partial charge in [0, 0.05) is 5.75 Å². The van der Waals surface area contributed by atoms with E-state index in [0.717, 1.165) is 16.9 Å². The van der Waals surface area contributed by atoms with Crippen LogP contribution in [0.4, 0.5) is 9.52 Å². The van der Waals surface area contributed by atoms with Gasteiger partial charge in [0.2, 0.25) is 5.13 Å². The summed E-state index contributed by atoms with van der Waals surface area (Å²) in [4.78, 5) is 28.5. The molecule has 1 N–H and O–H groups in total. The summed E-state index contributed by atoms with van der Waals surface area (Å²) in [6.45, 7) is 6.09. The first-order chi connectivity index (χ1) is 21.4. The molecule has 4 aromatic rings. The SMILES string of the molecule is C=CCOc1ccc(C2C(C(=O)/C=C/c3ccccc3)=C(O)C(=O)N2c2nnc(SCc3ccccc3F)s2)cc1OCC. The average Bonchev–Trinajstić information content (AvgIpc) is 3.61. The van der Waals surface area contributed by atoms with Gasteiger partial charge in [-0.15, -0.1) is 10.2 Å². The van der Waals surface area contributed by atoms with Crippen molar-refractivity contribution in [2.24, 2.45) is 0 Å². The van der Waals surface area contributed by atoms with Gasteiger partial charge in [-0.05, 0) is 47.9 Å². The number of aliphatic hydroxyl groups is 1. The third-order valence-electron chi connectivity index (χ3n) is 6.55. The molecule has 1 amide bonds. The number of rotatable bonds is 13. The molecule has 0 spiro atoms. The van der Waals surface area contributed by atoms with Crippen LogP contribution in [0.3, 0.4) is 0 Å². The van der Waals surface area contributed by atoms with Gasteiger partial charge in [0.15, 0.2) is 27.4 Å². The van der Waals surface area contributed by atoms with E-state index in [1.54, 1.807) is 48.6 Å². The molecule has 11 heteroatoms. The largest absolute Gasteiger partial charge is 0.503 e. The molecule has 224 valence electrons. The highest BCUT2D eigenvalue weighted by Crippen LogP contribution is 2.45. The Balaban J connectivity index is 1.52. The van der Waals surface area contributed by atoms with Crippen LogP contribution in [0.25, 0.3) is 6.08 Å². The number of hydrogen-bond acceptors (Lipinski definition) is 9. The Morgan fingerprint density at radius 2 is 1.86 bits per heavy atom. The maximum atomic E-state index is 14.2. The molecule has 5 rings (SSSR count). The molecular formula is C33H28FN3O5S2. The predicted molar refractivity (Wildman–Crippen MR) is 170 cm³/mol. The maximum Gasteiger partial charge on any atom is 0.296 e. The minimum Gasteiger partial charge on any atom is -0.503 e. The van der Waals surface area contributed by atoms with Gasteiger partial charge < -0.3 is 14.6 Å². The molecule has 1 aliphatic rings. The molecule has 0 saturated carbocycles. The smallest absolute Gasteiger partial charge is 0.296 e. The van der Waals surface area contributed by atoms with Crippen molar-refractivity contribution in [3.63, 3.8) is 0 Å². The monoisotopic (exact) mass is 629 g/mol. The number of benzene rings is 3. The molecular weight excluding hydrogens is 602 g/mol. The number of aliphatic hydroxyl groups excluding tert-OH is 1. The normalized spacial score (nSPS) is 14.8. The lowest BCUT2D eigenvalue weighted by atomic mass is 9.95. The lowest BCUT2D eigenvalue weighted by Crippen LogP contribution is -2.31. The summed E-state index contributed by atoms with van der Waals surface area (Å²) in [5, 5.41) is 19.7. The van der Waals surface area contributed by atoms with Crippen LogP contribution in [0.15, 0.2) is 107 Å². The van der Waals surface area contributed by atoms with Crippen molar-refractivity contribution in [2.75, 3.05) is 18.1 Å². The minimum atomic E-state index is -1.04. The Morgan fingerprint density at radius 1 is 1.09 bits per heavy atom. The first-order valence-electron chi connectivity index (χ1n) is 13.7. The summed E-state index contributed by atoms with van der Waals surface area (Å²) in [7, 11) is 0. The molecule has 1 atom stereocenters. The Kier molecular flexibility index (Phi) is 9.88. The third-order valence-corrected chi connectivity index (χ3v) is 8.66. The Bertz CT molecular complexity index is 1740. The number of nitrogens with zero attached hydrogens (tertiary/aromatic N) is 3. The second-order valence-electron chi connectivity index (χ2n) is 9.42. The molecule has 0 saturated heterocycles. The van der Waals surface area contributed by atoms with E-state index in [0.29, 0.717) is 39.3 Å². The second-order valence-corrected chi connectivity index (χ2v) is 11.6. The van der Waals surface area contributed by atoms with E-state index in [1.807, 2.05) is 37.3 Å². The fourth-order valence-corrected chi connectivity index (χ4v) is 6.39. The zero-order chi connectivity index (χ0) is 31.1. The van der Waals surface area contributed by atoms with Gasteiger partial charge in [-0.25, -0.2) is 4.39 Å². The van der Waals surface area contributed by atoms with Gasteiger partial charge in [-0.3, -0.25) is 14.5 Å². The van der Waals surface area contributed by atoms with Crippen molar-refractivity contribution in [1.29, 1.82) is 0 Å². The van der Waals surface area contributed by atoms with E-state index in [1.165, 1.54) is 28.8 Å². The van der Waals surface area contributed by atoms with Gasteiger partial charge in [-0.2, -0.15) is 0 Å². The molecule has 0 radical (unpaired) electrons. The van der Waals surface area contributed by atoms with Crippen molar-refractivity contribution in [3.8, 4) is 11.5 Å². The summed E-state index contributed by atoms with van der Waals surface area (Å²) in [6.07, 6.45) is 4.55. The van der Waals surface area contributed by atoms with Crippen LogP contribution in [0.5, 0.6) is 11.5 Å². The molecule has 2 heterocycles. The van der Waals surface area contributed by atoms with Gasteiger partial charge >= 0.3 is 0 Å². The quantitative estimate of drug-likeness (QED) is 0.0723. The van der Waals surface area contributed by atoms with E-state index in [2.05, 4.69) is 16.8 Å². The van der Waals surface area contributed by atoms with E-state index in [4.69, 9.17) is 9.47 Å². The molecule has 44 heavy (non-hydrogen) atoms. The Labute approximate surface area is 262 Å². The molecule has 0 bridgehead atoms. The second kappa shape index (κ2) is 14.2. The van der Waals surface area contributed by atoms with Crippen LogP contribution in [0.1, 0.15) is 29.7 Å². The summed E-state index contributed by atoms with van der Waals surface area (Å²) in [6, 6.07) is 19.7. The molecule has 1 aliphatic heterocycles. The van der Waals surface area contributed by atoms with Gasteiger partial charge in [0.05, 0.1) is 18.2 Å². The molecule has 0 aliphatic carbocycles. The number of carbonyl (C=O) groups excluding carboxylic acids is 2. The summed E-state index contributed by atoms with van der Waals surface area (Å²) in [5.74, 6) is -1.19. The fraction of sp³-hybridized carbons (Fsp3) is 0.152. The van der Waals surface area contributed by atoms with E-state index < -0.39 is 23.5 Å². The molecule has 8 nitrogen and oxygen atoms in total. The van der Waals surface area contributed by atoms with Crippen LogP contribution in [0.2, 0.25) is 0 Å². The van der Waals surface area contributed by atoms with Crippen LogP contribution < -0.4 is 14.4 Å². The highest BCUT2D eigenvalue weighted by atomic mass is 32.2. The number of allylic oxidation sites excluding steroid dienone is 1. The Hall–Kier alpha value is -4.74. The van der Waals surface area contributed by atoms with Gasteiger partial charge in [0.1, 0.15) is 12.4 Å². The van der Waals surface area contributed by atoms with Crippen LogP contribution >= 0.6 is 23.1 Å². The first-order valence-corrected chi connectivity index (χ1v) is 15.5. The van der Waals surface area contributed by atoms with Crippen molar-refractivity contribution in [2.45, 2.75) is 23.1 Å². The number of anilines is 1. The zero-order valence-corrected chi connectivity index (χ0v) is 25.3. The number of ketones is 1. The fourth-order valence-electron chi connectivity index (χ4n) is 4.54. The number of aromatic nitrogens is 2. The third kappa shape index (κ3) is 6.74. The number of ether oxygens (including phenoxy) is 2. The maximum absolute atomic E-state index is 14.2. The highest BCUT2D eigenvalue weighted by molar-refractivity contribution is 8.00. The van der Waals surface area contributed by atoms with Crippen molar-refractivity contribution in [3.05, 3.63) is 125 Å². The molecule has 0 fully saturated rings. The number of halogens is 1. The Morgan fingerprint density at radius 3 is 2.61 bits per heavy atom. The topological polar surface area (TPSA) is 102 Å². The summed E-state index contributed by atoms with van der Waals surface area (Å²) in [5.41, 5.74) is 1.66. The van der Waals surface area contributed by atoms with Crippen LogP contribution in [-0.2, 0) is 15.3 Å². The lowest BCUT2D eigenvalue weighted by Gasteiger charge is -2.24. The van der Waals surface area contributed by atoms with Crippen molar-refractivity contribution in [1.82, 2.24) is 10.2 Å². The van der Waals surface area contributed by atoms with Crippen LogP contribution in [0, 0.1) is 5.82 Å². The number of amides is 1. The van der Waals surface area contributed by atoms with E-state index in [9.17, 15) is 19.1 Å². The van der Waals surface area contributed by atoms with Gasteiger partial charge in [-0.1, -0.05) is 96.4 Å². The number of carbonyl (C=O) groups is 2. The highest BCUT2D eigenvalue weighted by Gasteiger charge is 2.45. The minimum absolute atomic E-state index is 0.111. The first kappa shape index (κ1) is 30.7. The van der Waals surface area contributed by atoms with Gasteiger partial charge in [0.25, 0.3) is 5.91 Å². The average molecular weight is 630 g/mol. The van der Waals surface area contributed by atoms with E-state index >= 15 is 0 Å². The molecule has 1 aromatic heterocycles. The number of thioether (sulfide) groups is 1. The van der Waals surface area contributed by atoms with E-state index in [-0.39, 0.29) is 23.1 Å². The lowest BCUT2D eigenvalue weighted by molar-refractivity contribution is -0.117. The molecule has 1 unspecified atom stereocenters. The van der Waals surface area contributed by atoms with Crippen molar-refractivity contribution < 1.29 is 28.6 Å². The standard InChI is InChI=1S/C33H28FN3O5S2/c1-3-18-42-26-17-15-22(19-27(26)41-4-2)29-28(25(38)16-14-21-10-6-5-7-11-21)30(39)31(40)37(29)32-35-36-33(44-32)43-20-23-12-8-9-13-24(23)34/h3,5-17,19,29,39H,1,4,18,20H2,2H3/b16-14+. The van der Waals surface area contributed by atoms with Crippen LogP contribution in [-0.4, -0.2) is 40.2 Å².